The smallest absolute Gasteiger partial charge is 0.323 e. The lowest BCUT2D eigenvalue weighted by Crippen LogP contribution is -2.08. The molecule has 2 aromatic rings. The van der Waals surface area contributed by atoms with Gasteiger partial charge in [0, 0.05) is 6.42 Å². The van der Waals surface area contributed by atoms with E-state index in [9.17, 15) is 9.90 Å². The highest BCUT2D eigenvalue weighted by atomic mass is 32.1. The van der Waals surface area contributed by atoms with Crippen molar-refractivity contribution in [1.82, 2.24) is 4.57 Å². The highest BCUT2D eigenvalue weighted by molar-refractivity contribution is 7.73. The summed E-state index contributed by atoms with van der Waals surface area (Å²) in [5.41, 5.74) is 0.998. The van der Waals surface area contributed by atoms with Crippen molar-refractivity contribution < 1.29 is 19.7 Å². The number of carboxylic acid groups (broad SMARTS) is 1. The summed E-state index contributed by atoms with van der Waals surface area (Å²) in [6, 6.07) is 7.62. The van der Waals surface area contributed by atoms with Gasteiger partial charge in [0.15, 0.2) is 3.95 Å². The second-order valence-electron chi connectivity index (χ2n) is 4.76. The molecule has 0 aliphatic heterocycles. The van der Waals surface area contributed by atoms with Crippen molar-refractivity contribution in [3.63, 3.8) is 0 Å². The Balaban J connectivity index is 2.14. The maximum absolute atomic E-state index is 10.8. The molecule has 0 amide bonds. The Hall–Kier alpha value is -1.86. The number of benzene rings is 1. The molecule has 5 nitrogen and oxygen atoms in total. The summed E-state index contributed by atoms with van der Waals surface area (Å²) < 4.78 is 7.11. The molecule has 0 atom stereocenters. The van der Waals surface area contributed by atoms with Gasteiger partial charge >= 0.3 is 5.97 Å². The zero-order valence-electron chi connectivity index (χ0n) is 12.1. The van der Waals surface area contributed by atoms with Crippen LogP contribution < -0.4 is 4.74 Å². The van der Waals surface area contributed by atoms with Gasteiger partial charge in [0.2, 0.25) is 5.88 Å². The minimum absolute atomic E-state index is 0.0660. The fourth-order valence-electron chi connectivity index (χ4n) is 1.94. The van der Waals surface area contributed by atoms with E-state index in [1.54, 1.807) is 0 Å². The van der Waals surface area contributed by atoms with Crippen molar-refractivity contribution in [2.24, 2.45) is 0 Å². The van der Waals surface area contributed by atoms with E-state index in [1.807, 2.05) is 31.2 Å². The SMILES string of the molecule is CCCOc1ccc(Cc2sc(=S)n(CC(=O)O)c2O)cc1. The lowest BCUT2D eigenvalue weighted by atomic mass is 10.1. The van der Waals surface area contributed by atoms with Gasteiger partial charge in [-0.05, 0) is 36.3 Å². The van der Waals surface area contributed by atoms with Crippen LogP contribution in [0.25, 0.3) is 0 Å². The van der Waals surface area contributed by atoms with Crippen molar-refractivity contribution in [3.05, 3.63) is 38.7 Å². The number of carbonyl (C=O) groups is 1. The van der Waals surface area contributed by atoms with Crippen molar-refractivity contribution in [2.45, 2.75) is 26.3 Å². The molecule has 1 aromatic heterocycles. The number of aromatic nitrogens is 1. The number of aromatic hydroxyl groups is 1. The predicted octanol–water partition coefficient (Wildman–Crippen LogP) is 3.45. The summed E-state index contributed by atoms with van der Waals surface area (Å²) in [7, 11) is 0. The van der Waals surface area contributed by atoms with Gasteiger partial charge in [0.1, 0.15) is 12.3 Å². The maximum atomic E-state index is 10.8. The number of nitrogens with zero attached hydrogens (tertiary/aromatic N) is 1. The van der Waals surface area contributed by atoms with Gasteiger partial charge in [-0.1, -0.05) is 19.1 Å². The average Bonchev–Trinajstić information content (AvgIpc) is 2.74. The first kappa shape index (κ1) is 16.5. The Kier molecular flexibility index (Phi) is 5.57. The summed E-state index contributed by atoms with van der Waals surface area (Å²) in [6.45, 7) is 2.40. The van der Waals surface area contributed by atoms with Crippen LogP contribution in [0.2, 0.25) is 0 Å². The normalized spacial score (nSPS) is 10.6. The summed E-state index contributed by atoms with van der Waals surface area (Å²) in [5.74, 6) is -0.289. The van der Waals surface area contributed by atoms with Gasteiger partial charge < -0.3 is 14.9 Å². The monoisotopic (exact) mass is 339 g/mol. The average molecular weight is 339 g/mol. The van der Waals surface area contributed by atoms with Crippen molar-refractivity contribution >= 4 is 29.5 Å². The van der Waals surface area contributed by atoms with E-state index in [0.29, 0.717) is 21.9 Å². The van der Waals surface area contributed by atoms with Crippen molar-refractivity contribution in [2.75, 3.05) is 6.61 Å². The maximum Gasteiger partial charge on any atom is 0.323 e. The van der Waals surface area contributed by atoms with Gasteiger partial charge in [0.05, 0.1) is 11.5 Å². The molecule has 0 aliphatic carbocycles. The van der Waals surface area contributed by atoms with Crippen molar-refractivity contribution in [1.29, 1.82) is 0 Å². The highest BCUT2D eigenvalue weighted by Gasteiger charge is 2.14. The first-order valence-electron chi connectivity index (χ1n) is 6.86. The molecule has 0 saturated heterocycles. The van der Waals surface area contributed by atoms with Crippen LogP contribution in [0.15, 0.2) is 24.3 Å². The van der Waals surface area contributed by atoms with E-state index >= 15 is 0 Å². The fraction of sp³-hybridized carbons (Fsp3) is 0.333. The third-order valence-corrected chi connectivity index (χ3v) is 4.43. The minimum atomic E-state index is -1.03. The third kappa shape index (κ3) is 4.08. The molecule has 0 spiro atoms. The molecule has 118 valence electrons. The molecule has 0 fully saturated rings. The van der Waals surface area contributed by atoms with Gasteiger partial charge in [-0.15, -0.1) is 11.3 Å². The Morgan fingerprint density at radius 3 is 2.64 bits per heavy atom. The van der Waals surface area contributed by atoms with E-state index < -0.39 is 5.97 Å². The predicted molar refractivity (Wildman–Crippen MR) is 87.5 cm³/mol. The zero-order chi connectivity index (χ0) is 16.1. The largest absolute Gasteiger partial charge is 0.494 e. The quantitative estimate of drug-likeness (QED) is 0.756. The molecule has 0 unspecified atom stereocenters. The molecule has 0 saturated carbocycles. The number of ether oxygens (including phenoxy) is 1. The molecular weight excluding hydrogens is 322 g/mol. The number of thiazole rings is 1. The minimum Gasteiger partial charge on any atom is -0.494 e. The summed E-state index contributed by atoms with van der Waals surface area (Å²) in [6.07, 6.45) is 1.46. The molecule has 0 aliphatic rings. The van der Waals surface area contributed by atoms with Crippen LogP contribution in [0.4, 0.5) is 0 Å². The highest BCUT2D eigenvalue weighted by Crippen LogP contribution is 2.28. The van der Waals surface area contributed by atoms with Crippen LogP contribution in [-0.4, -0.2) is 27.4 Å². The Morgan fingerprint density at radius 1 is 1.36 bits per heavy atom. The third-order valence-electron chi connectivity index (χ3n) is 2.99. The van der Waals surface area contributed by atoms with Gasteiger partial charge in [-0.3, -0.25) is 9.36 Å². The zero-order valence-corrected chi connectivity index (χ0v) is 13.7. The van der Waals surface area contributed by atoms with Crippen LogP contribution in [-0.2, 0) is 17.8 Å². The number of hydrogen-bond acceptors (Lipinski definition) is 5. The Bertz CT molecular complexity index is 703. The van der Waals surface area contributed by atoms with E-state index in [1.165, 1.54) is 15.9 Å². The van der Waals surface area contributed by atoms with Crippen LogP contribution >= 0.6 is 23.6 Å². The van der Waals surface area contributed by atoms with E-state index in [-0.39, 0.29) is 12.4 Å². The molecule has 0 bridgehead atoms. The fourth-order valence-corrected chi connectivity index (χ4v) is 3.31. The number of aliphatic carboxylic acids is 1. The lowest BCUT2D eigenvalue weighted by molar-refractivity contribution is -0.137. The molecule has 22 heavy (non-hydrogen) atoms. The first-order valence-corrected chi connectivity index (χ1v) is 8.08. The molecule has 7 heteroatoms. The molecular formula is C15H17NO4S2. The molecule has 0 radical (unpaired) electrons. The van der Waals surface area contributed by atoms with E-state index in [0.717, 1.165) is 17.7 Å². The second-order valence-corrected chi connectivity index (χ2v) is 6.49. The first-order chi connectivity index (χ1) is 10.5. The number of carboxylic acids is 1. The van der Waals surface area contributed by atoms with E-state index in [2.05, 4.69) is 0 Å². The lowest BCUT2D eigenvalue weighted by Gasteiger charge is -2.06. The summed E-state index contributed by atoms with van der Waals surface area (Å²) >= 11 is 6.33. The number of rotatable bonds is 7. The second kappa shape index (κ2) is 7.42. The van der Waals surface area contributed by atoms with Crippen LogP contribution in [0, 0.1) is 3.95 Å². The molecule has 1 aromatic carbocycles. The van der Waals surface area contributed by atoms with E-state index in [4.69, 9.17) is 22.1 Å². The standard InChI is InChI=1S/C15H17NO4S2/c1-2-7-20-11-5-3-10(4-6-11)8-12-14(19)16(9-13(17)18)15(21)22-12/h3-6,19H,2,7-9H2,1H3,(H,17,18). The Labute approximate surface area is 137 Å². The van der Waals surface area contributed by atoms with Gasteiger partial charge in [-0.25, -0.2) is 0 Å². The van der Waals surface area contributed by atoms with Crippen molar-refractivity contribution in [3.8, 4) is 11.6 Å². The van der Waals surface area contributed by atoms with Crippen LogP contribution in [0.5, 0.6) is 11.6 Å². The van der Waals surface area contributed by atoms with Crippen LogP contribution in [0.1, 0.15) is 23.8 Å². The number of hydrogen-bond donors (Lipinski definition) is 2. The molecule has 1 heterocycles. The Morgan fingerprint density at radius 2 is 2.05 bits per heavy atom. The molecule has 2 rings (SSSR count). The topological polar surface area (TPSA) is 71.7 Å². The van der Waals surface area contributed by atoms with Gasteiger partial charge in [0.25, 0.3) is 0 Å². The summed E-state index contributed by atoms with van der Waals surface area (Å²) in [4.78, 5) is 11.4. The van der Waals surface area contributed by atoms with Crippen LogP contribution in [0.3, 0.4) is 0 Å². The molecule has 2 N–H and O–H groups in total. The van der Waals surface area contributed by atoms with Gasteiger partial charge in [-0.2, -0.15) is 0 Å². The summed E-state index contributed by atoms with van der Waals surface area (Å²) in [5, 5.41) is 18.9.